The van der Waals surface area contributed by atoms with Crippen LogP contribution in [0.2, 0.25) is 0 Å². The minimum absolute atomic E-state index is 0.182. The standard InChI is InChI=1S/C30H38FN/c1-3-5-7-9-11-13-28-20-18-27(23-32-28)26-19-21-29(30(31)22-26)25-16-14-24(15-17-25)12-10-8-6-4-2/h14-23H,3-13H2,1-2H3. The van der Waals surface area contributed by atoms with Gasteiger partial charge in [-0.25, -0.2) is 4.39 Å². The molecule has 3 aromatic rings. The monoisotopic (exact) mass is 431 g/mol. The summed E-state index contributed by atoms with van der Waals surface area (Å²) in [6.07, 6.45) is 15.4. The highest BCUT2D eigenvalue weighted by Gasteiger charge is 2.08. The number of aromatic nitrogens is 1. The maximum absolute atomic E-state index is 14.9. The Morgan fingerprint density at radius 1 is 0.625 bits per heavy atom. The van der Waals surface area contributed by atoms with Crippen molar-refractivity contribution in [2.75, 3.05) is 0 Å². The van der Waals surface area contributed by atoms with Gasteiger partial charge in [-0.15, -0.1) is 0 Å². The van der Waals surface area contributed by atoms with E-state index in [1.807, 2.05) is 30.5 Å². The highest BCUT2D eigenvalue weighted by Crippen LogP contribution is 2.28. The third-order valence-corrected chi connectivity index (χ3v) is 6.25. The molecule has 0 unspecified atom stereocenters. The van der Waals surface area contributed by atoms with Crippen LogP contribution in [-0.4, -0.2) is 4.98 Å². The number of halogens is 1. The minimum atomic E-state index is -0.182. The fraction of sp³-hybridized carbons (Fsp3) is 0.433. The molecule has 0 fully saturated rings. The van der Waals surface area contributed by atoms with Crippen LogP contribution in [0.15, 0.2) is 60.8 Å². The van der Waals surface area contributed by atoms with Gasteiger partial charge in [-0.05, 0) is 54.5 Å². The van der Waals surface area contributed by atoms with Gasteiger partial charge in [0.15, 0.2) is 0 Å². The highest BCUT2D eigenvalue weighted by atomic mass is 19.1. The van der Waals surface area contributed by atoms with Gasteiger partial charge in [-0.3, -0.25) is 4.98 Å². The average Bonchev–Trinajstić information content (AvgIpc) is 2.83. The van der Waals surface area contributed by atoms with E-state index in [1.165, 1.54) is 63.4 Å². The first kappa shape index (κ1) is 24.2. The molecule has 0 aliphatic heterocycles. The Bertz CT molecular complexity index is 928. The van der Waals surface area contributed by atoms with Crippen molar-refractivity contribution < 1.29 is 4.39 Å². The molecule has 0 spiro atoms. The van der Waals surface area contributed by atoms with Gasteiger partial charge >= 0.3 is 0 Å². The van der Waals surface area contributed by atoms with E-state index in [-0.39, 0.29) is 5.82 Å². The van der Waals surface area contributed by atoms with Gasteiger partial charge in [0.25, 0.3) is 0 Å². The number of hydrogen-bond acceptors (Lipinski definition) is 1. The lowest BCUT2D eigenvalue weighted by Gasteiger charge is -2.09. The number of benzene rings is 2. The van der Waals surface area contributed by atoms with Crippen molar-refractivity contribution in [3.8, 4) is 22.3 Å². The molecular weight excluding hydrogens is 393 g/mol. The summed E-state index contributed by atoms with van der Waals surface area (Å²) in [5.74, 6) is -0.182. The molecule has 0 radical (unpaired) electrons. The Morgan fingerprint density at radius 3 is 1.91 bits per heavy atom. The molecule has 170 valence electrons. The van der Waals surface area contributed by atoms with Crippen LogP contribution in [0.25, 0.3) is 22.3 Å². The molecule has 0 bridgehead atoms. The van der Waals surface area contributed by atoms with Crippen molar-refractivity contribution in [1.29, 1.82) is 0 Å². The zero-order valence-corrected chi connectivity index (χ0v) is 19.9. The van der Waals surface area contributed by atoms with Gasteiger partial charge in [0.2, 0.25) is 0 Å². The zero-order valence-electron chi connectivity index (χ0n) is 19.9. The van der Waals surface area contributed by atoms with Crippen LogP contribution in [0.3, 0.4) is 0 Å². The summed E-state index contributed by atoms with van der Waals surface area (Å²) < 4.78 is 14.9. The third-order valence-electron chi connectivity index (χ3n) is 6.25. The molecule has 1 aromatic heterocycles. The van der Waals surface area contributed by atoms with Gasteiger partial charge in [-0.2, -0.15) is 0 Å². The predicted molar refractivity (Wildman–Crippen MR) is 135 cm³/mol. The van der Waals surface area contributed by atoms with E-state index >= 15 is 0 Å². The summed E-state index contributed by atoms with van der Waals surface area (Å²) in [6.45, 7) is 4.47. The Morgan fingerprint density at radius 2 is 1.25 bits per heavy atom. The second-order valence-electron chi connectivity index (χ2n) is 8.90. The molecule has 0 saturated carbocycles. The Hall–Kier alpha value is -2.48. The van der Waals surface area contributed by atoms with Crippen LogP contribution < -0.4 is 0 Å². The minimum Gasteiger partial charge on any atom is -0.261 e. The topological polar surface area (TPSA) is 12.9 Å². The van der Waals surface area contributed by atoms with Gasteiger partial charge < -0.3 is 0 Å². The lowest BCUT2D eigenvalue weighted by Crippen LogP contribution is -1.92. The van der Waals surface area contributed by atoms with E-state index < -0.39 is 0 Å². The normalized spacial score (nSPS) is 11.1. The van der Waals surface area contributed by atoms with Crippen molar-refractivity contribution in [2.45, 2.75) is 84.5 Å². The highest BCUT2D eigenvalue weighted by molar-refractivity contribution is 5.70. The molecule has 0 saturated heterocycles. The summed E-state index contributed by atoms with van der Waals surface area (Å²) in [4.78, 5) is 4.61. The maximum atomic E-state index is 14.9. The predicted octanol–water partition coefficient (Wildman–Crippen LogP) is 9.19. The van der Waals surface area contributed by atoms with Crippen molar-refractivity contribution in [1.82, 2.24) is 4.98 Å². The number of rotatable bonds is 13. The molecule has 0 aliphatic rings. The Labute approximate surface area is 194 Å². The second-order valence-corrected chi connectivity index (χ2v) is 8.90. The van der Waals surface area contributed by atoms with E-state index in [2.05, 4.69) is 43.1 Å². The maximum Gasteiger partial charge on any atom is 0.131 e. The van der Waals surface area contributed by atoms with Crippen LogP contribution in [0.1, 0.15) is 82.9 Å². The summed E-state index contributed by atoms with van der Waals surface area (Å²) in [6, 6.07) is 18.0. The summed E-state index contributed by atoms with van der Waals surface area (Å²) in [5.41, 5.74) is 5.88. The molecule has 2 aromatic carbocycles. The lowest BCUT2D eigenvalue weighted by atomic mass is 9.98. The van der Waals surface area contributed by atoms with Crippen molar-refractivity contribution >= 4 is 0 Å². The van der Waals surface area contributed by atoms with Crippen LogP contribution in [0, 0.1) is 5.82 Å². The molecule has 0 amide bonds. The van der Waals surface area contributed by atoms with Crippen LogP contribution in [0.5, 0.6) is 0 Å². The van der Waals surface area contributed by atoms with Gasteiger partial charge in [0, 0.05) is 23.0 Å². The van der Waals surface area contributed by atoms with Crippen LogP contribution >= 0.6 is 0 Å². The fourth-order valence-electron chi connectivity index (χ4n) is 4.19. The van der Waals surface area contributed by atoms with Gasteiger partial charge in [0.1, 0.15) is 5.82 Å². The molecule has 1 nitrogen and oxygen atoms in total. The lowest BCUT2D eigenvalue weighted by molar-refractivity contribution is 0.628. The SMILES string of the molecule is CCCCCCCc1ccc(-c2ccc(-c3ccc(CCCCCC)cc3)c(F)c2)cn1. The van der Waals surface area contributed by atoms with Crippen molar-refractivity contribution in [2.24, 2.45) is 0 Å². The first-order valence-corrected chi connectivity index (χ1v) is 12.6. The van der Waals surface area contributed by atoms with E-state index in [0.717, 1.165) is 35.2 Å². The molecule has 3 rings (SSSR count). The van der Waals surface area contributed by atoms with Gasteiger partial charge in [-0.1, -0.05) is 101 Å². The van der Waals surface area contributed by atoms with Crippen molar-refractivity contribution in [3.05, 3.63) is 77.9 Å². The number of aryl methyl sites for hydroxylation is 2. The zero-order chi connectivity index (χ0) is 22.6. The largest absolute Gasteiger partial charge is 0.261 e. The van der Waals surface area contributed by atoms with Gasteiger partial charge in [0.05, 0.1) is 0 Å². The van der Waals surface area contributed by atoms with Crippen molar-refractivity contribution in [3.63, 3.8) is 0 Å². The van der Waals surface area contributed by atoms with E-state index in [0.29, 0.717) is 5.56 Å². The fourth-order valence-corrected chi connectivity index (χ4v) is 4.19. The molecular formula is C30H38FN. The smallest absolute Gasteiger partial charge is 0.131 e. The van der Waals surface area contributed by atoms with E-state index in [4.69, 9.17) is 0 Å². The molecule has 2 heteroatoms. The molecule has 1 heterocycles. The second kappa shape index (κ2) is 13.2. The first-order chi connectivity index (χ1) is 15.7. The summed E-state index contributed by atoms with van der Waals surface area (Å²) in [7, 11) is 0. The van der Waals surface area contributed by atoms with Crippen LogP contribution in [-0.2, 0) is 12.8 Å². The molecule has 0 N–H and O–H groups in total. The summed E-state index contributed by atoms with van der Waals surface area (Å²) in [5, 5.41) is 0. The Kier molecular flexibility index (Phi) is 9.94. The number of unbranched alkanes of at least 4 members (excludes halogenated alkanes) is 7. The first-order valence-electron chi connectivity index (χ1n) is 12.6. The number of hydrogen-bond donors (Lipinski definition) is 0. The average molecular weight is 432 g/mol. The van der Waals surface area contributed by atoms with E-state index in [9.17, 15) is 4.39 Å². The van der Waals surface area contributed by atoms with E-state index in [1.54, 1.807) is 6.07 Å². The quantitative estimate of drug-likeness (QED) is 0.246. The molecule has 0 aliphatic carbocycles. The molecule has 0 atom stereocenters. The van der Waals surface area contributed by atoms with Crippen LogP contribution in [0.4, 0.5) is 4.39 Å². The number of pyridine rings is 1. The number of nitrogens with zero attached hydrogens (tertiary/aromatic N) is 1. The Balaban J connectivity index is 1.60. The summed E-state index contributed by atoms with van der Waals surface area (Å²) >= 11 is 0. The third kappa shape index (κ3) is 7.29. The molecule has 32 heavy (non-hydrogen) atoms.